The summed E-state index contributed by atoms with van der Waals surface area (Å²) >= 11 is 0. The zero-order chi connectivity index (χ0) is 29.8. The first-order valence-corrected chi connectivity index (χ1v) is 15.5. The number of nitrogens with one attached hydrogen (secondary N) is 1. The summed E-state index contributed by atoms with van der Waals surface area (Å²) in [5.41, 5.74) is 3.35. The first-order valence-electron chi connectivity index (χ1n) is 15.5. The van der Waals surface area contributed by atoms with E-state index in [1.165, 1.54) is 5.56 Å². The summed E-state index contributed by atoms with van der Waals surface area (Å²) in [6, 6.07) is 23.8. The van der Waals surface area contributed by atoms with Gasteiger partial charge in [-0.25, -0.2) is 0 Å². The van der Waals surface area contributed by atoms with E-state index in [1.54, 1.807) is 25.3 Å². The number of amides is 1. The fourth-order valence-electron chi connectivity index (χ4n) is 7.03. The molecule has 224 valence electrons. The molecule has 1 aromatic heterocycles. The molecule has 1 aliphatic heterocycles. The van der Waals surface area contributed by atoms with Crippen LogP contribution in [-0.4, -0.2) is 57.2 Å². The smallest absolute Gasteiger partial charge is 0.255 e. The molecule has 0 unspecified atom stereocenters. The van der Waals surface area contributed by atoms with Crippen molar-refractivity contribution in [3.05, 3.63) is 105 Å². The minimum absolute atomic E-state index is 0.0552. The topological polar surface area (TPSA) is 75.0 Å². The van der Waals surface area contributed by atoms with Crippen molar-refractivity contribution in [3.8, 4) is 5.75 Å². The average molecular weight is 580 g/mol. The molecule has 1 saturated heterocycles. The third-order valence-electron chi connectivity index (χ3n) is 9.34. The summed E-state index contributed by atoms with van der Waals surface area (Å²) in [6.07, 6.45) is 4.85. The zero-order valence-electron chi connectivity index (χ0n) is 25.2. The van der Waals surface area contributed by atoms with Crippen LogP contribution in [0.2, 0.25) is 0 Å². The second-order valence-corrected chi connectivity index (χ2v) is 11.8. The van der Waals surface area contributed by atoms with Gasteiger partial charge in [-0.3, -0.25) is 14.5 Å². The molecule has 1 aliphatic carbocycles. The van der Waals surface area contributed by atoms with Gasteiger partial charge in [0.05, 0.1) is 29.2 Å². The van der Waals surface area contributed by atoms with Crippen molar-refractivity contribution in [2.24, 2.45) is 0 Å². The number of carbonyl (C=O) groups is 1. The molecule has 2 heterocycles. The van der Waals surface area contributed by atoms with Crippen LogP contribution in [0.5, 0.6) is 5.75 Å². The van der Waals surface area contributed by atoms with Gasteiger partial charge in [0.1, 0.15) is 11.5 Å². The van der Waals surface area contributed by atoms with E-state index in [9.17, 15) is 9.59 Å². The van der Waals surface area contributed by atoms with E-state index < -0.39 is 0 Å². The Bertz CT molecular complexity index is 1630. The fraction of sp³-hybridized carbons (Fsp3) is 0.389. The number of ether oxygens (including phenoxy) is 1. The molecular formula is C36H41N3O4. The van der Waals surface area contributed by atoms with Gasteiger partial charge in [0.25, 0.3) is 5.91 Å². The molecule has 6 rings (SSSR count). The van der Waals surface area contributed by atoms with E-state index in [0.717, 1.165) is 76.3 Å². The molecule has 3 aromatic carbocycles. The SMILES string of the molecule is COc1ccccc1N1CCN(CCCNC(=O)c2cccc3c(=O)c(C)c(C4(c5ccccc5)CCCC4)oc23)CC1. The summed E-state index contributed by atoms with van der Waals surface area (Å²) in [4.78, 5) is 31.9. The molecule has 1 N–H and O–H groups in total. The van der Waals surface area contributed by atoms with Gasteiger partial charge in [-0.1, -0.05) is 61.4 Å². The number of carbonyl (C=O) groups excluding carboxylic acids is 1. The number of anilines is 1. The lowest BCUT2D eigenvalue weighted by Crippen LogP contribution is -2.47. The molecule has 43 heavy (non-hydrogen) atoms. The zero-order valence-corrected chi connectivity index (χ0v) is 25.2. The molecule has 0 bridgehead atoms. The van der Waals surface area contributed by atoms with Crippen molar-refractivity contribution < 1.29 is 13.9 Å². The van der Waals surface area contributed by atoms with Gasteiger partial charge in [-0.15, -0.1) is 0 Å². The quantitative estimate of drug-likeness (QED) is 0.249. The highest BCUT2D eigenvalue weighted by atomic mass is 16.5. The molecule has 7 nitrogen and oxygen atoms in total. The van der Waals surface area contributed by atoms with Crippen LogP contribution < -0.4 is 20.4 Å². The predicted molar refractivity (Wildman–Crippen MR) is 172 cm³/mol. The summed E-state index contributed by atoms with van der Waals surface area (Å²) in [5, 5.41) is 3.55. The van der Waals surface area contributed by atoms with E-state index in [2.05, 4.69) is 33.3 Å². The van der Waals surface area contributed by atoms with Crippen LogP contribution in [0.1, 0.15) is 59.3 Å². The maximum atomic E-state index is 13.6. The number of hydrogen-bond donors (Lipinski definition) is 1. The number of methoxy groups -OCH3 is 1. The number of hydrogen-bond acceptors (Lipinski definition) is 6. The van der Waals surface area contributed by atoms with E-state index in [4.69, 9.17) is 9.15 Å². The third-order valence-corrected chi connectivity index (χ3v) is 9.34. The number of fused-ring (bicyclic) bond motifs is 1. The van der Waals surface area contributed by atoms with E-state index >= 15 is 0 Å². The monoisotopic (exact) mass is 579 g/mol. The van der Waals surface area contributed by atoms with Crippen LogP contribution in [-0.2, 0) is 5.41 Å². The first-order chi connectivity index (χ1) is 21.0. The standard InChI is InChI=1S/C36H41N3O4/c1-26-32(40)28-14-10-15-29(33(28)43-34(26)36(18-8-9-19-36)27-12-4-3-5-13-27)35(41)37-20-11-21-38-22-24-39(25-23-38)30-16-6-7-17-31(30)42-2/h3-7,10,12-17H,8-9,11,18-25H2,1-2H3,(H,37,41). The number of nitrogens with zero attached hydrogens (tertiary/aromatic N) is 2. The van der Waals surface area contributed by atoms with Crippen molar-refractivity contribution >= 4 is 22.6 Å². The van der Waals surface area contributed by atoms with Crippen LogP contribution in [0.15, 0.2) is 82.0 Å². The van der Waals surface area contributed by atoms with Crippen LogP contribution in [0, 0.1) is 6.92 Å². The fourth-order valence-corrected chi connectivity index (χ4v) is 7.03. The molecule has 1 saturated carbocycles. The molecule has 0 spiro atoms. The highest BCUT2D eigenvalue weighted by Gasteiger charge is 2.41. The molecule has 7 heteroatoms. The van der Waals surface area contributed by atoms with Gasteiger partial charge in [0.2, 0.25) is 0 Å². The van der Waals surface area contributed by atoms with Crippen molar-refractivity contribution in [2.45, 2.75) is 44.4 Å². The molecule has 1 amide bonds. The molecule has 0 radical (unpaired) electrons. The molecular weight excluding hydrogens is 538 g/mol. The Hall–Kier alpha value is -4.10. The predicted octanol–water partition coefficient (Wildman–Crippen LogP) is 5.91. The van der Waals surface area contributed by atoms with E-state index in [1.807, 2.05) is 43.3 Å². The highest BCUT2D eigenvalue weighted by molar-refractivity contribution is 6.04. The van der Waals surface area contributed by atoms with Gasteiger partial charge in [0, 0.05) is 38.3 Å². The number of piperazine rings is 1. The largest absolute Gasteiger partial charge is 0.495 e. The van der Waals surface area contributed by atoms with Gasteiger partial charge in [-0.2, -0.15) is 0 Å². The highest BCUT2D eigenvalue weighted by Crippen LogP contribution is 2.47. The Labute approximate surface area is 253 Å². The second kappa shape index (κ2) is 12.6. The molecule has 4 aromatic rings. The Kier molecular flexibility index (Phi) is 8.52. The van der Waals surface area contributed by atoms with E-state index in [-0.39, 0.29) is 16.8 Å². The third kappa shape index (κ3) is 5.66. The van der Waals surface area contributed by atoms with Crippen molar-refractivity contribution in [1.82, 2.24) is 10.2 Å². The lowest BCUT2D eigenvalue weighted by Gasteiger charge is -2.36. The molecule has 0 atom stereocenters. The Balaban J connectivity index is 1.13. The average Bonchev–Trinajstić information content (AvgIpc) is 3.56. The van der Waals surface area contributed by atoms with Crippen molar-refractivity contribution in [1.29, 1.82) is 0 Å². The maximum Gasteiger partial charge on any atom is 0.255 e. The minimum atomic E-state index is -0.349. The number of benzene rings is 3. The Morgan fingerprint density at radius 3 is 2.40 bits per heavy atom. The van der Waals surface area contributed by atoms with Crippen LogP contribution >= 0.6 is 0 Å². The van der Waals surface area contributed by atoms with Gasteiger partial charge in [0.15, 0.2) is 11.0 Å². The second-order valence-electron chi connectivity index (χ2n) is 11.8. The summed E-state index contributed by atoms with van der Waals surface area (Å²) in [5.74, 6) is 1.41. The minimum Gasteiger partial charge on any atom is -0.495 e. The van der Waals surface area contributed by atoms with Crippen molar-refractivity contribution in [3.63, 3.8) is 0 Å². The molecule has 2 aliphatic rings. The Morgan fingerprint density at radius 1 is 0.930 bits per heavy atom. The lowest BCUT2D eigenvalue weighted by atomic mass is 9.75. The molecule has 2 fully saturated rings. The maximum absolute atomic E-state index is 13.6. The van der Waals surface area contributed by atoms with Crippen molar-refractivity contribution in [2.75, 3.05) is 51.3 Å². The summed E-state index contributed by atoms with van der Waals surface area (Å²) in [6.45, 7) is 7.14. The van der Waals surface area contributed by atoms with Crippen LogP contribution in [0.25, 0.3) is 11.0 Å². The summed E-state index contributed by atoms with van der Waals surface area (Å²) in [7, 11) is 1.71. The Morgan fingerprint density at radius 2 is 1.65 bits per heavy atom. The number of rotatable bonds is 9. The van der Waals surface area contributed by atoms with E-state index in [0.29, 0.717) is 34.4 Å². The summed E-state index contributed by atoms with van der Waals surface area (Å²) < 4.78 is 12.2. The normalized spacial score (nSPS) is 16.8. The van der Waals surface area contributed by atoms with Gasteiger partial charge < -0.3 is 19.4 Å². The lowest BCUT2D eigenvalue weighted by molar-refractivity contribution is 0.0952. The van der Waals surface area contributed by atoms with Crippen LogP contribution in [0.3, 0.4) is 0 Å². The number of para-hydroxylation sites is 3. The first kappa shape index (κ1) is 29.0. The van der Waals surface area contributed by atoms with Gasteiger partial charge >= 0.3 is 0 Å². The van der Waals surface area contributed by atoms with Crippen LogP contribution in [0.4, 0.5) is 5.69 Å². The van der Waals surface area contributed by atoms with Gasteiger partial charge in [-0.05, 0) is 62.6 Å².